The van der Waals surface area contributed by atoms with Crippen LogP contribution in [0.5, 0.6) is 5.75 Å². The Balaban J connectivity index is 1.76. The molecule has 0 spiro atoms. The molecule has 3 nitrogen and oxygen atoms in total. The lowest BCUT2D eigenvalue weighted by atomic mass is 9.90. The lowest BCUT2D eigenvalue weighted by molar-refractivity contribution is -0.887. The molecular weight excluding hydrogens is 322 g/mol. The molecule has 0 aliphatic carbocycles. The van der Waals surface area contributed by atoms with E-state index >= 15 is 0 Å². The normalized spacial score (nSPS) is 16.0. The summed E-state index contributed by atoms with van der Waals surface area (Å²) in [5.74, 6) is 1.46. The molecule has 0 saturated carbocycles. The third-order valence-electron chi connectivity index (χ3n) is 5.04. The Morgan fingerprint density at radius 3 is 2.27 bits per heavy atom. The zero-order valence-electron chi connectivity index (χ0n) is 15.9. The van der Waals surface area contributed by atoms with Crippen LogP contribution in [-0.4, -0.2) is 32.0 Å². The lowest BCUT2D eigenvalue weighted by Crippen LogP contribution is -3.10. The summed E-state index contributed by atoms with van der Waals surface area (Å²) in [4.78, 5) is 14.8. The summed E-state index contributed by atoms with van der Waals surface area (Å²) in [6.07, 6.45) is 2.54. The minimum Gasteiger partial charge on any atom is -0.493 e. The molecule has 1 saturated heterocycles. The third kappa shape index (κ3) is 4.95. The van der Waals surface area contributed by atoms with E-state index < -0.39 is 0 Å². The van der Waals surface area contributed by atoms with Gasteiger partial charge in [0.15, 0.2) is 5.78 Å². The van der Waals surface area contributed by atoms with Crippen molar-refractivity contribution in [2.24, 2.45) is 5.92 Å². The van der Waals surface area contributed by atoms with Gasteiger partial charge in [-0.2, -0.15) is 0 Å². The Kier molecular flexibility index (Phi) is 6.45. The number of hydrogen-bond donors (Lipinski definition) is 1. The molecule has 1 aliphatic heterocycles. The highest BCUT2D eigenvalue weighted by molar-refractivity contribution is 6.01. The summed E-state index contributed by atoms with van der Waals surface area (Å²) in [5.41, 5.74) is 1.89. The van der Waals surface area contributed by atoms with Crippen LogP contribution in [0.3, 0.4) is 0 Å². The zero-order chi connectivity index (χ0) is 18.4. The van der Waals surface area contributed by atoms with E-state index in [0.29, 0.717) is 12.5 Å². The van der Waals surface area contributed by atoms with Crippen molar-refractivity contribution in [3.05, 3.63) is 65.7 Å². The van der Waals surface area contributed by atoms with E-state index in [9.17, 15) is 4.79 Å². The van der Waals surface area contributed by atoms with Crippen molar-refractivity contribution in [3.8, 4) is 5.75 Å². The van der Waals surface area contributed by atoms with Crippen molar-refractivity contribution in [2.45, 2.75) is 32.6 Å². The highest BCUT2D eigenvalue weighted by Crippen LogP contribution is 2.22. The summed E-state index contributed by atoms with van der Waals surface area (Å²) in [5, 5.41) is 0. The average Bonchev–Trinajstić information content (AvgIpc) is 3.18. The predicted octanol–water partition coefficient (Wildman–Crippen LogP) is 3.37. The Morgan fingerprint density at radius 2 is 1.65 bits per heavy atom. The van der Waals surface area contributed by atoms with E-state index in [1.165, 1.54) is 25.9 Å². The van der Waals surface area contributed by atoms with Crippen LogP contribution < -0.4 is 9.64 Å². The number of nitrogens with one attached hydrogen (secondary N) is 1. The Hall–Kier alpha value is -2.13. The number of hydrogen-bond acceptors (Lipinski definition) is 2. The van der Waals surface area contributed by atoms with Crippen LogP contribution in [0.4, 0.5) is 0 Å². The fraction of sp³-hybridized carbons (Fsp3) is 0.435. The molecular formula is C23H30NO2+. The highest BCUT2D eigenvalue weighted by Gasteiger charge is 2.28. The highest BCUT2D eigenvalue weighted by atomic mass is 16.5. The number of Topliss-reactive ketones (excluding diaryl/α,β-unsaturated/α-hetero) is 1. The number of ether oxygens (including phenoxy) is 1. The summed E-state index contributed by atoms with van der Waals surface area (Å²) < 4.78 is 5.74. The first-order valence-corrected chi connectivity index (χ1v) is 9.79. The van der Waals surface area contributed by atoms with Gasteiger partial charge in [-0.3, -0.25) is 4.79 Å². The SMILES string of the molecule is CC(C)COc1ccc(C(=O)[C@H](C[NH+]2CCCC2)c2ccccc2)cc1. The number of carbonyl (C=O) groups excluding carboxylic acids is 1. The third-order valence-corrected chi connectivity index (χ3v) is 5.04. The fourth-order valence-electron chi connectivity index (χ4n) is 3.59. The molecule has 0 aromatic heterocycles. The standard InChI is InChI=1S/C23H29NO2/c1-18(2)17-26-21-12-10-20(11-13-21)23(25)22(16-24-14-6-7-15-24)19-8-4-3-5-9-19/h3-5,8-13,18,22H,6-7,14-17H2,1-2H3/p+1/t22-/m1/s1. The molecule has 1 aliphatic rings. The number of carbonyl (C=O) groups is 1. The minimum atomic E-state index is -0.0771. The van der Waals surface area contributed by atoms with Crippen LogP contribution in [-0.2, 0) is 0 Å². The predicted molar refractivity (Wildman–Crippen MR) is 105 cm³/mol. The number of likely N-dealkylation sites (tertiary alicyclic amines) is 1. The van der Waals surface area contributed by atoms with Crippen LogP contribution in [0.1, 0.15) is 48.5 Å². The van der Waals surface area contributed by atoms with Gasteiger partial charge < -0.3 is 9.64 Å². The number of ketones is 1. The Bertz CT molecular complexity index is 688. The molecule has 1 N–H and O–H groups in total. The van der Waals surface area contributed by atoms with Gasteiger partial charge in [-0.05, 0) is 35.7 Å². The molecule has 1 heterocycles. The first kappa shape index (κ1) is 18.7. The second-order valence-corrected chi connectivity index (χ2v) is 7.72. The van der Waals surface area contributed by atoms with Crippen molar-refractivity contribution in [1.82, 2.24) is 0 Å². The maximum absolute atomic E-state index is 13.3. The molecule has 0 unspecified atom stereocenters. The van der Waals surface area contributed by atoms with Crippen LogP contribution >= 0.6 is 0 Å². The summed E-state index contributed by atoms with van der Waals surface area (Å²) in [6.45, 7) is 8.19. The molecule has 26 heavy (non-hydrogen) atoms. The molecule has 3 rings (SSSR count). The van der Waals surface area contributed by atoms with Gasteiger partial charge in [0.1, 0.15) is 5.75 Å². The van der Waals surface area contributed by atoms with Gasteiger partial charge >= 0.3 is 0 Å². The van der Waals surface area contributed by atoms with Gasteiger partial charge in [0.2, 0.25) is 0 Å². The van der Waals surface area contributed by atoms with Gasteiger partial charge in [-0.1, -0.05) is 44.2 Å². The van der Waals surface area contributed by atoms with Crippen molar-refractivity contribution in [1.29, 1.82) is 0 Å². The van der Waals surface area contributed by atoms with E-state index in [2.05, 4.69) is 26.0 Å². The molecule has 2 aromatic rings. The largest absolute Gasteiger partial charge is 0.493 e. The molecule has 3 heteroatoms. The molecule has 0 radical (unpaired) electrons. The lowest BCUT2D eigenvalue weighted by Gasteiger charge is -2.21. The molecule has 2 aromatic carbocycles. The van der Waals surface area contributed by atoms with Crippen molar-refractivity contribution < 1.29 is 14.4 Å². The number of quaternary nitrogens is 1. The van der Waals surface area contributed by atoms with Gasteiger partial charge in [0.05, 0.1) is 32.2 Å². The minimum absolute atomic E-state index is 0.0771. The van der Waals surface area contributed by atoms with E-state index in [4.69, 9.17) is 4.74 Å². The van der Waals surface area contributed by atoms with Gasteiger partial charge in [-0.15, -0.1) is 0 Å². The van der Waals surface area contributed by atoms with E-state index in [0.717, 1.165) is 23.4 Å². The molecule has 0 bridgehead atoms. The van der Waals surface area contributed by atoms with Crippen LogP contribution in [0.15, 0.2) is 54.6 Å². The van der Waals surface area contributed by atoms with Crippen molar-refractivity contribution in [3.63, 3.8) is 0 Å². The topological polar surface area (TPSA) is 30.7 Å². The number of benzene rings is 2. The fourth-order valence-corrected chi connectivity index (χ4v) is 3.59. The second-order valence-electron chi connectivity index (χ2n) is 7.72. The van der Waals surface area contributed by atoms with E-state index in [-0.39, 0.29) is 11.7 Å². The first-order chi connectivity index (χ1) is 12.6. The maximum atomic E-state index is 13.3. The van der Waals surface area contributed by atoms with Gasteiger partial charge in [-0.25, -0.2) is 0 Å². The Morgan fingerprint density at radius 1 is 1.00 bits per heavy atom. The average molecular weight is 352 g/mol. The smallest absolute Gasteiger partial charge is 0.175 e. The van der Waals surface area contributed by atoms with Crippen molar-refractivity contribution in [2.75, 3.05) is 26.2 Å². The summed E-state index contributed by atoms with van der Waals surface area (Å²) in [6, 6.07) is 17.9. The van der Waals surface area contributed by atoms with Gasteiger partial charge in [0, 0.05) is 18.4 Å². The van der Waals surface area contributed by atoms with E-state index in [1.54, 1.807) is 4.90 Å². The first-order valence-electron chi connectivity index (χ1n) is 9.79. The summed E-state index contributed by atoms with van der Waals surface area (Å²) in [7, 11) is 0. The molecule has 1 fully saturated rings. The van der Waals surface area contributed by atoms with Crippen LogP contribution in [0.25, 0.3) is 0 Å². The van der Waals surface area contributed by atoms with E-state index in [1.807, 2.05) is 42.5 Å². The molecule has 138 valence electrons. The Labute approximate surface area is 157 Å². The number of rotatable bonds is 8. The summed E-state index contributed by atoms with van der Waals surface area (Å²) >= 11 is 0. The molecule has 0 amide bonds. The van der Waals surface area contributed by atoms with Gasteiger partial charge in [0.25, 0.3) is 0 Å². The quantitative estimate of drug-likeness (QED) is 0.739. The maximum Gasteiger partial charge on any atom is 0.175 e. The second kappa shape index (κ2) is 9.00. The van der Waals surface area contributed by atoms with Crippen molar-refractivity contribution >= 4 is 5.78 Å². The molecule has 1 atom stereocenters. The van der Waals surface area contributed by atoms with Crippen LogP contribution in [0.2, 0.25) is 0 Å². The van der Waals surface area contributed by atoms with Crippen LogP contribution in [0, 0.1) is 5.92 Å². The monoisotopic (exact) mass is 352 g/mol. The zero-order valence-corrected chi connectivity index (χ0v) is 15.9.